The molecule has 0 radical (unpaired) electrons. The Kier molecular flexibility index (Phi) is 10.1. The number of nitrogens with two attached hydrogens (primary N) is 1. The van der Waals surface area contributed by atoms with Gasteiger partial charge in [0.2, 0.25) is 0 Å². The van der Waals surface area contributed by atoms with Crippen LogP contribution in [0.1, 0.15) is 30.6 Å². The lowest BCUT2D eigenvalue weighted by Gasteiger charge is -2.19. The van der Waals surface area contributed by atoms with E-state index in [4.69, 9.17) is 15.2 Å². The third kappa shape index (κ3) is 6.93. The Morgan fingerprint density at radius 3 is 2.61 bits per heavy atom. The molecule has 0 fully saturated rings. The standard InChI is InChI=1S/C17H26N2O3.ClH/c1-5-8-22-15-7-6-13(10-16(15)21-4)17(20)19-14(11-18)9-12(2)3;/h5-7,10,12,14H,1,8-9,11,18H2,2-4H3,(H,19,20);1H. The van der Waals surface area contributed by atoms with E-state index >= 15 is 0 Å². The number of hydrogen-bond donors (Lipinski definition) is 2. The Bertz CT molecular complexity index is 507. The monoisotopic (exact) mass is 342 g/mol. The zero-order chi connectivity index (χ0) is 16.5. The third-order valence-corrected chi connectivity index (χ3v) is 3.16. The summed E-state index contributed by atoms with van der Waals surface area (Å²) in [5.74, 6) is 1.40. The maximum atomic E-state index is 12.3. The van der Waals surface area contributed by atoms with Crippen molar-refractivity contribution < 1.29 is 14.3 Å². The van der Waals surface area contributed by atoms with Crippen molar-refractivity contribution in [3.63, 3.8) is 0 Å². The second-order valence-corrected chi connectivity index (χ2v) is 5.50. The zero-order valence-corrected chi connectivity index (χ0v) is 14.8. The fourth-order valence-electron chi connectivity index (χ4n) is 2.13. The molecule has 1 atom stereocenters. The van der Waals surface area contributed by atoms with Crippen molar-refractivity contribution in [2.75, 3.05) is 20.3 Å². The van der Waals surface area contributed by atoms with Gasteiger partial charge in [-0.3, -0.25) is 4.79 Å². The maximum absolute atomic E-state index is 12.3. The molecule has 23 heavy (non-hydrogen) atoms. The van der Waals surface area contributed by atoms with E-state index in [1.54, 1.807) is 31.4 Å². The van der Waals surface area contributed by atoms with Crippen molar-refractivity contribution >= 4 is 18.3 Å². The molecule has 0 aliphatic carbocycles. The van der Waals surface area contributed by atoms with Gasteiger partial charge in [-0.15, -0.1) is 12.4 Å². The molecule has 0 aromatic heterocycles. The van der Waals surface area contributed by atoms with Gasteiger partial charge in [0, 0.05) is 18.2 Å². The number of hydrogen-bond acceptors (Lipinski definition) is 4. The summed E-state index contributed by atoms with van der Waals surface area (Å²) in [5, 5.41) is 2.95. The SMILES string of the molecule is C=CCOc1ccc(C(=O)NC(CN)CC(C)C)cc1OC.Cl. The summed E-state index contributed by atoms with van der Waals surface area (Å²) in [5.41, 5.74) is 6.23. The first-order valence-electron chi connectivity index (χ1n) is 7.44. The number of benzene rings is 1. The van der Waals surface area contributed by atoms with Gasteiger partial charge in [0.05, 0.1) is 7.11 Å². The van der Waals surface area contributed by atoms with Crippen LogP contribution in [0.5, 0.6) is 11.5 Å². The summed E-state index contributed by atoms with van der Waals surface area (Å²) >= 11 is 0. The minimum Gasteiger partial charge on any atom is -0.493 e. The number of ether oxygens (including phenoxy) is 2. The third-order valence-electron chi connectivity index (χ3n) is 3.16. The fourth-order valence-corrected chi connectivity index (χ4v) is 2.13. The number of nitrogens with one attached hydrogen (secondary N) is 1. The van der Waals surface area contributed by atoms with Crippen LogP contribution in [0.2, 0.25) is 0 Å². The zero-order valence-electron chi connectivity index (χ0n) is 14.0. The molecule has 1 rings (SSSR count). The lowest BCUT2D eigenvalue weighted by Crippen LogP contribution is -2.41. The van der Waals surface area contributed by atoms with Crippen molar-refractivity contribution in [1.29, 1.82) is 0 Å². The highest BCUT2D eigenvalue weighted by atomic mass is 35.5. The predicted octanol–water partition coefficient (Wildman–Crippen LogP) is 2.79. The van der Waals surface area contributed by atoms with Crippen LogP contribution < -0.4 is 20.5 Å². The fraction of sp³-hybridized carbons (Fsp3) is 0.471. The molecule has 130 valence electrons. The van der Waals surface area contributed by atoms with Crippen molar-refractivity contribution in [3.05, 3.63) is 36.4 Å². The van der Waals surface area contributed by atoms with Gasteiger partial charge < -0.3 is 20.5 Å². The van der Waals surface area contributed by atoms with Gasteiger partial charge in [-0.1, -0.05) is 26.5 Å². The lowest BCUT2D eigenvalue weighted by molar-refractivity contribution is 0.0933. The summed E-state index contributed by atoms with van der Waals surface area (Å²) in [6.45, 7) is 8.60. The second kappa shape index (κ2) is 10.9. The van der Waals surface area contributed by atoms with Crippen molar-refractivity contribution in [1.82, 2.24) is 5.32 Å². The summed E-state index contributed by atoms with van der Waals surface area (Å²) in [4.78, 5) is 12.3. The molecule has 0 heterocycles. The average molecular weight is 343 g/mol. The highest BCUT2D eigenvalue weighted by Crippen LogP contribution is 2.28. The number of carbonyl (C=O) groups is 1. The minimum absolute atomic E-state index is 0. The van der Waals surface area contributed by atoms with Gasteiger partial charge in [0.15, 0.2) is 11.5 Å². The number of methoxy groups -OCH3 is 1. The van der Waals surface area contributed by atoms with E-state index in [0.29, 0.717) is 36.1 Å². The molecule has 1 amide bonds. The molecule has 5 nitrogen and oxygen atoms in total. The topological polar surface area (TPSA) is 73.6 Å². The molecule has 0 aliphatic rings. The van der Waals surface area contributed by atoms with Crippen molar-refractivity contribution in [2.45, 2.75) is 26.3 Å². The first-order chi connectivity index (χ1) is 10.5. The molecule has 0 aliphatic heterocycles. The molecule has 6 heteroatoms. The van der Waals surface area contributed by atoms with E-state index in [9.17, 15) is 4.79 Å². The Hall–Kier alpha value is -1.72. The minimum atomic E-state index is -0.162. The summed E-state index contributed by atoms with van der Waals surface area (Å²) in [6.07, 6.45) is 2.50. The quantitative estimate of drug-likeness (QED) is 0.677. The van der Waals surface area contributed by atoms with Crippen molar-refractivity contribution in [3.8, 4) is 11.5 Å². The molecular weight excluding hydrogens is 316 g/mol. The summed E-state index contributed by atoms with van der Waals surface area (Å²) < 4.78 is 10.7. The van der Waals surface area contributed by atoms with Gasteiger partial charge in [0.25, 0.3) is 5.91 Å². The molecule has 0 spiro atoms. The van der Waals surface area contributed by atoms with Crippen LogP contribution in [-0.4, -0.2) is 32.2 Å². The largest absolute Gasteiger partial charge is 0.493 e. The molecule has 1 aromatic carbocycles. The first-order valence-corrected chi connectivity index (χ1v) is 7.44. The van der Waals surface area contributed by atoms with E-state index in [0.717, 1.165) is 6.42 Å². The van der Waals surface area contributed by atoms with Gasteiger partial charge in [-0.2, -0.15) is 0 Å². The molecule has 3 N–H and O–H groups in total. The van der Waals surface area contributed by atoms with E-state index < -0.39 is 0 Å². The molecule has 0 saturated heterocycles. The molecule has 0 bridgehead atoms. The van der Waals surface area contributed by atoms with Gasteiger partial charge in [-0.25, -0.2) is 0 Å². The molecule has 1 unspecified atom stereocenters. The maximum Gasteiger partial charge on any atom is 0.251 e. The second-order valence-electron chi connectivity index (χ2n) is 5.50. The van der Waals surface area contributed by atoms with Crippen LogP contribution in [0, 0.1) is 5.92 Å². The van der Waals surface area contributed by atoms with Crippen LogP contribution in [-0.2, 0) is 0 Å². The predicted molar refractivity (Wildman–Crippen MR) is 95.7 cm³/mol. The summed E-state index contributed by atoms with van der Waals surface area (Å²) in [7, 11) is 1.54. The van der Waals surface area contributed by atoms with Gasteiger partial charge >= 0.3 is 0 Å². The molecular formula is C17H27ClN2O3. The van der Waals surface area contributed by atoms with E-state index in [2.05, 4.69) is 25.7 Å². The van der Waals surface area contributed by atoms with Crippen LogP contribution in [0.3, 0.4) is 0 Å². The number of amides is 1. The summed E-state index contributed by atoms with van der Waals surface area (Å²) in [6, 6.07) is 5.06. The Labute approximate surface area is 144 Å². The normalized spacial score (nSPS) is 11.3. The smallest absolute Gasteiger partial charge is 0.251 e. The highest BCUT2D eigenvalue weighted by molar-refractivity contribution is 5.95. The van der Waals surface area contributed by atoms with E-state index in [1.165, 1.54) is 0 Å². The highest BCUT2D eigenvalue weighted by Gasteiger charge is 2.15. The van der Waals surface area contributed by atoms with Crippen LogP contribution in [0.4, 0.5) is 0 Å². The van der Waals surface area contributed by atoms with Crippen LogP contribution >= 0.6 is 12.4 Å². The number of halogens is 1. The Morgan fingerprint density at radius 1 is 1.39 bits per heavy atom. The Balaban J connectivity index is 0.00000484. The average Bonchev–Trinajstić information content (AvgIpc) is 2.51. The number of rotatable bonds is 9. The molecule has 1 aromatic rings. The van der Waals surface area contributed by atoms with Crippen LogP contribution in [0.25, 0.3) is 0 Å². The van der Waals surface area contributed by atoms with E-state index in [-0.39, 0.29) is 24.4 Å². The van der Waals surface area contributed by atoms with Gasteiger partial charge in [-0.05, 0) is 30.5 Å². The van der Waals surface area contributed by atoms with Gasteiger partial charge in [0.1, 0.15) is 6.61 Å². The molecule has 0 saturated carbocycles. The number of carbonyl (C=O) groups excluding carboxylic acids is 1. The van der Waals surface area contributed by atoms with Crippen LogP contribution in [0.15, 0.2) is 30.9 Å². The van der Waals surface area contributed by atoms with Crippen molar-refractivity contribution in [2.24, 2.45) is 11.7 Å². The lowest BCUT2D eigenvalue weighted by atomic mass is 10.0. The Morgan fingerprint density at radius 2 is 2.09 bits per heavy atom. The van der Waals surface area contributed by atoms with E-state index in [1.807, 2.05) is 0 Å². The first kappa shape index (κ1) is 21.3.